The van der Waals surface area contributed by atoms with Crippen LogP contribution in [0.1, 0.15) is 24.8 Å². The van der Waals surface area contributed by atoms with Crippen molar-refractivity contribution >= 4 is 0 Å². The molecule has 132 valence electrons. The number of nitrogens with one attached hydrogen (secondary N) is 1. The third kappa shape index (κ3) is 4.86. The van der Waals surface area contributed by atoms with E-state index in [-0.39, 0.29) is 12.7 Å². The van der Waals surface area contributed by atoms with Gasteiger partial charge in [0.15, 0.2) is 0 Å². The molecule has 0 bridgehead atoms. The molecule has 0 heterocycles. The standard InChI is InChI=1S/C22H22N2O2/c23-12-13-24-20-15-22(16-20)26-21-10-8-19(9-11-21)18-6-4-17(5-7-18)3-1-2-14-25/h4-11,20,22,24-25H,2,13-16H2. The number of aliphatic hydroxyl groups excluding tert-OH is 1. The van der Waals surface area contributed by atoms with E-state index in [0.717, 1.165) is 35.3 Å². The summed E-state index contributed by atoms with van der Waals surface area (Å²) in [6, 6.07) is 18.7. The van der Waals surface area contributed by atoms with Crippen LogP contribution in [-0.4, -0.2) is 30.4 Å². The monoisotopic (exact) mass is 346 g/mol. The lowest BCUT2D eigenvalue weighted by molar-refractivity contribution is 0.0869. The van der Waals surface area contributed by atoms with Gasteiger partial charge in [-0.2, -0.15) is 5.26 Å². The highest BCUT2D eigenvalue weighted by Crippen LogP contribution is 2.28. The zero-order valence-electron chi connectivity index (χ0n) is 14.6. The van der Waals surface area contributed by atoms with Crippen LogP contribution in [0.2, 0.25) is 0 Å². The van der Waals surface area contributed by atoms with Gasteiger partial charge in [0.2, 0.25) is 0 Å². The molecule has 0 aromatic heterocycles. The van der Waals surface area contributed by atoms with Gasteiger partial charge in [-0.15, -0.1) is 0 Å². The van der Waals surface area contributed by atoms with Gasteiger partial charge in [-0.25, -0.2) is 0 Å². The Morgan fingerprint density at radius 1 is 1.04 bits per heavy atom. The lowest BCUT2D eigenvalue weighted by atomic mass is 9.89. The molecule has 1 fully saturated rings. The van der Waals surface area contributed by atoms with Gasteiger partial charge in [-0.05, 0) is 48.2 Å². The predicted molar refractivity (Wildman–Crippen MR) is 102 cm³/mol. The first-order chi connectivity index (χ1) is 12.8. The van der Waals surface area contributed by atoms with Crippen molar-refractivity contribution in [2.45, 2.75) is 31.4 Å². The number of ether oxygens (including phenoxy) is 1. The zero-order chi connectivity index (χ0) is 18.2. The highest BCUT2D eigenvalue weighted by molar-refractivity contribution is 5.65. The Hall–Kier alpha value is -2.79. The molecule has 2 N–H and O–H groups in total. The van der Waals surface area contributed by atoms with Crippen molar-refractivity contribution in [3.8, 4) is 34.8 Å². The third-order valence-electron chi connectivity index (χ3n) is 4.41. The molecule has 2 aromatic carbocycles. The van der Waals surface area contributed by atoms with E-state index in [1.165, 1.54) is 0 Å². The molecule has 4 heteroatoms. The first kappa shape index (κ1) is 18.0. The maximum Gasteiger partial charge on any atom is 0.119 e. The summed E-state index contributed by atoms with van der Waals surface area (Å²) >= 11 is 0. The Bertz CT molecular complexity index is 804. The zero-order valence-corrected chi connectivity index (χ0v) is 14.6. The first-order valence-electron chi connectivity index (χ1n) is 8.85. The number of aliphatic hydroxyl groups is 1. The minimum atomic E-state index is 0.0946. The minimum Gasteiger partial charge on any atom is -0.490 e. The second kappa shape index (κ2) is 9.06. The maximum absolute atomic E-state index is 8.75. The van der Waals surface area contributed by atoms with Crippen LogP contribution in [0.15, 0.2) is 48.5 Å². The van der Waals surface area contributed by atoms with E-state index in [2.05, 4.69) is 47.5 Å². The van der Waals surface area contributed by atoms with E-state index < -0.39 is 0 Å². The Morgan fingerprint density at radius 3 is 2.31 bits per heavy atom. The second-order valence-electron chi connectivity index (χ2n) is 6.32. The van der Waals surface area contributed by atoms with E-state index in [1.807, 2.05) is 24.3 Å². The molecule has 1 saturated carbocycles. The summed E-state index contributed by atoms with van der Waals surface area (Å²) in [5, 5.41) is 20.5. The summed E-state index contributed by atoms with van der Waals surface area (Å²) in [5.41, 5.74) is 3.22. The molecule has 0 saturated heterocycles. The maximum atomic E-state index is 8.75. The van der Waals surface area contributed by atoms with Crippen LogP contribution in [0.5, 0.6) is 5.75 Å². The molecule has 0 amide bonds. The van der Waals surface area contributed by atoms with E-state index in [9.17, 15) is 0 Å². The van der Waals surface area contributed by atoms with Crippen molar-refractivity contribution in [1.82, 2.24) is 5.32 Å². The predicted octanol–water partition coefficient (Wildman–Crippen LogP) is 3.11. The fourth-order valence-electron chi connectivity index (χ4n) is 2.90. The van der Waals surface area contributed by atoms with Gasteiger partial charge in [0.25, 0.3) is 0 Å². The lowest BCUT2D eigenvalue weighted by Gasteiger charge is -2.35. The second-order valence-corrected chi connectivity index (χ2v) is 6.32. The van der Waals surface area contributed by atoms with Crippen LogP contribution in [0, 0.1) is 23.2 Å². The number of nitriles is 1. The van der Waals surface area contributed by atoms with Crippen LogP contribution in [0.3, 0.4) is 0 Å². The summed E-state index contributed by atoms with van der Waals surface area (Å²) in [5.74, 6) is 6.83. The largest absolute Gasteiger partial charge is 0.490 e. The van der Waals surface area contributed by atoms with Crippen LogP contribution < -0.4 is 10.1 Å². The quantitative estimate of drug-likeness (QED) is 0.623. The van der Waals surface area contributed by atoms with Crippen LogP contribution in [0.4, 0.5) is 0 Å². The van der Waals surface area contributed by atoms with Crippen molar-refractivity contribution in [3.05, 3.63) is 54.1 Å². The van der Waals surface area contributed by atoms with Crippen molar-refractivity contribution in [2.75, 3.05) is 13.2 Å². The summed E-state index contributed by atoms with van der Waals surface area (Å²) in [6.07, 6.45) is 2.62. The van der Waals surface area contributed by atoms with Gasteiger partial charge in [-0.1, -0.05) is 36.1 Å². The smallest absolute Gasteiger partial charge is 0.119 e. The van der Waals surface area contributed by atoms with E-state index in [0.29, 0.717) is 19.0 Å². The fraction of sp³-hybridized carbons (Fsp3) is 0.318. The Morgan fingerprint density at radius 2 is 1.69 bits per heavy atom. The number of rotatable bonds is 6. The molecule has 0 unspecified atom stereocenters. The summed E-state index contributed by atoms with van der Waals surface area (Å²) in [7, 11) is 0. The van der Waals surface area contributed by atoms with Crippen molar-refractivity contribution in [3.63, 3.8) is 0 Å². The molecule has 26 heavy (non-hydrogen) atoms. The normalized spacial score (nSPS) is 18.2. The SMILES string of the molecule is N#CCNC1CC(Oc2ccc(-c3ccc(C#CCCO)cc3)cc2)C1. The highest BCUT2D eigenvalue weighted by atomic mass is 16.5. The summed E-state index contributed by atoms with van der Waals surface area (Å²) in [6.45, 7) is 0.495. The van der Waals surface area contributed by atoms with Crippen LogP contribution in [0.25, 0.3) is 11.1 Å². The molecule has 2 aromatic rings. The van der Waals surface area contributed by atoms with Gasteiger partial charge in [-0.3, -0.25) is 0 Å². The molecule has 0 atom stereocenters. The van der Waals surface area contributed by atoms with E-state index in [1.54, 1.807) is 0 Å². The Kier molecular flexibility index (Phi) is 6.28. The summed E-state index contributed by atoms with van der Waals surface area (Å²) < 4.78 is 5.96. The topological polar surface area (TPSA) is 65.3 Å². The molecule has 1 aliphatic carbocycles. The van der Waals surface area contributed by atoms with Crippen molar-refractivity contribution < 1.29 is 9.84 Å². The number of benzene rings is 2. The Balaban J connectivity index is 1.53. The molecule has 1 aliphatic rings. The number of hydrogen-bond acceptors (Lipinski definition) is 4. The summed E-state index contributed by atoms with van der Waals surface area (Å²) in [4.78, 5) is 0. The average Bonchev–Trinajstić information content (AvgIpc) is 2.65. The number of hydrogen-bond donors (Lipinski definition) is 2. The molecule has 0 spiro atoms. The molecule has 0 aliphatic heterocycles. The van der Waals surface area contributed by atoms with Gasteiger partial charge in [0, 0.05) is 18.0 Å². The molecule has 4 nitrogen and oxygen atoms in total. The van der Waals surface area contributed by atoms with E-state index >= 15 is 0 Å². The van der Waals surface area contributed by atoms with Crippen molar-refractivity contribution in [1.29, 1.82) is 5.26 Å². The minimum absolute atomic E-state index is 0.0946. The van der Waals surface area contributed by atoms with Crippen molar-refractivity contribution in [2.24, 2.45) is 0 Å². The molecule has 3 rings (SSSR count). The van der Waals surface area contributed by atoms with E-state index in [4.69, 9.17) is 15.1 Å². The van der Waals surface area contributed by atoms with Gasteiger partial charge in [0.1, 0.15) is 11.9 Å². The first-order valence-corrected chi connectivity index (χ1v) is 8.85. The molecule has 0 radical (unpaired) electrons. The fourth-order valence-corrected chi connectivity index (χ4v) is 2.90. The van der Waals surface area contributed by atoms with Gasteiger partial charge < -0.3 is 15.2 Å². The highest BCUT2D eigenvalue weighted by Gasteiger charge is 2.30. The van der Waals surface area contributed by atoms with Crippen LogP contribution in [-0.2, 0) is 0 Å². The molecular weight excluding hydrogens is 324 g/mol. The Labute approximate surface area is 154 Å². The molecular formula is C22H22N2O2. The van der Waals surface area contributed by atoms with Gasteiger partial charge in [0.05, 0.1) is 19.2 Å². The third-order valence-corrected chi connectivity index (χ3v) is 4.41. The van der Waals surface area contributed by atoms with Crippen LogP contribution >= 0.6 is 0 Å². The average molecular weight is 346 g/mol. The number of nitrogens with zero attached hydrogens (tertiary/aromatic N) is 1. The lowest BCUT2D eigenvalue weighted by Crippen LogP contribution is -2.46. The van der Waals surface area contributed by atoms with Gasteiger partial charge >= 0.3 is 0 Å².